The summed E-state index contributed by atoms with van der Waals surface area (Å²) < 4.78 is 5.73. The number of likely N-dealkylation sites (N-methyl/N-ethyl adjacent to an activating group) is 1. The lowest BCUT2D eigenvalue weighted by molar-refractivity contribution is 0.0738. The number of aliphatic hydroxyl groups is 1. The van der Waals surface area contributed by atoms with Crippen molar-refractivity contribution in [1.29, 1.82) is 0 Å². The maximum absolute atomic E-state index is 9.88. The molecule has 2 unspecified atom stereocenters. The summed E-state index contributed by atoms with van der Waals surface area (Å²) >= 11 is 12.0. The molecule has 3 nitrogen and oxygen atoms in total. The van der Waals surface area contributed by atoms with Gasteiger partial charge in [-0.1, -0.05) is 36.2 Å². The van der Waals surface area contributed by atoms with E-state index >= 15 is 0 Å². The number of hydrogen-bond acceptors (Lipinski definition) is 3. The molecule has 2 atom stereocenters. The summed E-state index contributed by atoms with van der Waals surface area (Å²) in [5.74, 6) is 0.456. The van der Waals surface area contributed by atoms with Gasteiger partial charge in [0.05, 0.1) is 10.0 Å². The fourth-order valence-electron chi connectivity index (χ4n) is 1.95. The fraction of sp³-hybridized carbons (Fsp3) is 0.500. The number of hydrogen-bond donors (Lipinski definition) is 1. The van der Waals surface area contributed by atoms with Crippen molar-refractivity contribution in [3.63, 3.8) is 0 Å². The topological polar surface area (TPSA) is 32.7 Å². The molecule has 18 heavy (non-hydrogen) atoms. The molecule has 1 aromatic carbocycles. The molecule has 0 saturated carbocycles. The van der Waals surface area contributed by atoms with Gasteiger partial charge in [0.25, 0.3) is 0 Å². The van der Waals surface area contributed by atoms with Crippen LogP contribution in [0.2, 0.25) is 10.0 Å². The van der Waals surface area contributed by atoms with Gasteiger partial charge >= 0.3 is 0 Å². The first kappa shape index (κ1) is 15.9. The van der Waals surface area contributed by atoms with Crippen LogP contribution in [0.4, 0.5) is 0 Å². The van der Waals surface area contributed by atoms with Crippen molar-refractivity contribution in [3.8, 4) is 5.75 Å². The van der Waals surface area contributed by atoms with Gasteiger partial charge in [-0.05, 0) is 18.7 Å². The highest BCUT2D eigenvalue weighted by Gasteiger charge is 2.32. The quantitative estimate of drug-likeness (QED) is 0.931. The third-order valence-corrected chi connectivity index (χ3v) is 3.54. The van der Waals surface area contributed by atoms with Crippen LogP contribution in [0.15, 0.2) is 18.2 Å². The molecule has 1 saturated heterocycles. The van der Waals surface area contributed by atoms with Crippen molar-refractivity contribution in [3.05, 3.63) is 28.2 Å². The Labute approximate surface area is 123 Å². The smallest absolute Gasteiger partial charge is 0.157 e. The average molecular weight is 313 g/mol. The van der Waals surface area contributed by atoms with E-state index in [0.717, 1.165) is 6.54 Å². The van der Waals surface area contributed by atoms with Crippen LogP contribution in [0.3, 0.4) is 0 Å². The summed E-state index contributed by atoms with van der Waals surface area (Å²) in [5.41, 5.74) is 0. The number of likely N-dealkylation sites (tertiary alicyclic amines) is 1. The standard InChI is InChI=1S/C12H15Cl2NO2.ClH/c1-2-15-6-10(16)11(7-15)17-12-8(13)4-3-5-9(12)14;/h3-5,10-11,16H,2,6-7H2,1H3;1H. The molecule has 6 heteroatoms. The van der Waals surface area contributed by atoms with Crippen LogP contribution in [0, 0.1) is 0 Å². The van der Waals surface area contributed by atoms with E-state index in [1.54, 1.807) is 18.2 Å². The first-order chi connectivity index (χ1) is 8.11. The molecule has 0 spiro atoms. The van der Waals surface area contributed by atoms with Gasteiger partial charge in [-0.3, -0.25) is 4.90 Å². The van der Waals surface area contributed by atoms with Gasteiger partial charge in [0.1, 0.15) is 12.2 Å². The second-order valence-electron chi connectivity index (χ2n) is 4.13. The van der Waals surface area contributed by atoms with Gasteiger partial charge in [0.2, 0.25) is 0 Å². The number of aliphatic hydroxyl groups excluding tert-OH is 1. The predicted octanol–water partition coefficient (Wildman–Crippen LogP) is 2.86. The molecule has 0 aromatic heterocycles. The highest BCUT2D eigenvalue weighted by molar-refractivity contribution is 6.37. The summed E-state index contributed by atoms with van der Waals surface area (Å²) in [7, 11) is 0. The minimum atomic E-state index is -0.498. The van der Waals surface area contributed by atoms with E-state index in [4.69, 9.17) is 27.9 Å². The van der Waals surface area contributed by atoms with E-state index < -0.39 is 6.10 Å². The van der Waals surface area contributed by atoms with Crippen LogP contribution in [-0.2, 0) is 0 Å². The van der Waals surface area contributed by atoms with E-state index in [1.165, 1.54) is 0 Å². The van der Waals surface area contributed by atoms with E-state index in [9.17, 15) is 5.11 Å². The van der Waals surface area contributed by atoms with Crippen LogP contribution in [0.5, 0.6) is 5.75 Å². The monoisotopic (exact) mass is 311 g/mol. The number of nitrogens with zero attached hydrogens (tertiary/aromatic N) is 1. The van der Waals surface area contributed by atoms with Gasteiger partial charge in [0.15, 0.2) is 5.75 Å². The number of halogens is 3. The largest absolute Gasteiger partial charge is 0.483 e. The molecule has 1 aromatic rings. The Morgan fingerprint density at radius 1 is 1.33 bits per heavy atom. The fourth-order valence-corrected chi connectivity index (χ4v) is 2.44. The lowest BCUT2D eigenvalue weighted by Crippen LogP contribution is -2.30. The van der Waals surface area contributed by atoms with Gasteiger partial charge in [-0.15, -0.1) is 12.4 Å². The Morgan fingerprint density at radius 3 is 2.44 bits per heavy atom. The zero-order valence-corrected chi connectivity index (χ0v) is 12.3. The maximum Gasteiger partial charge on any atom is 0.157 e. The number of ether oxygens (including phenoxy) is 1. The Balaban J connectivity index is 0.00000162. The SMILES string of the molecule is CCN1CC(O)C(Oc2c(Cl)cccc2Cl)C1.Cl. The molecule has 102 valence electrons. The van der Waals surface area contributed by atoms with Crippen LogP contribution >= 0.6 is 35.6 Å². The van der Waals surface area contributed by atoms with Gasteiger partial charge < -0.3 is 9.84 Å². The van der Waals surface area contributed by atoms with Crippen LogP contribution in [-0.4, -0.2) is 41.8 Å². The van der Waals surface area contributed by atoms with Crippen molar-refractivity contribution in [2.24, 2.45) is 0 Å². The number of para-hydroxylation sites is 1. The van der Waals surface area contributed by atoms with Crippen LogP contribution in [0.1, 0.15) is 6.92 Å². The number of rotatable bonds is 3. The molecule has 2 rings (SSSR count). The zero-order valence-electron chi connectivity index (χ0n) is 9.97. The molecular weight excluding hydrogens is 296 g/mol. The summed E-state index contributed by atoms with van der Waals surface area (Å²) in [6.45, 7) is 4.27. The molecule has 0 radical (unpaired) electrons. The second kappa shape index (κ2) is 6.83. The Morgan fingerprint density at radius 2 is 1.94 bits per heavy atom. The minimum Gasteiger partial charge on any atom is -0.483 e. The van der Waals surface area contributed by atoms with Crippen LogP contribution in [0.25, 0.3) is 0 Å². The Hall–Kier alpha value is -0.190. The van der Waals surface area contributed by atoms with E-state index in [1.807, 2.05) is 0 Å². The first-order valence-electron chi connectivity index (χ1n) is 5.63. The molecule has 0 bridgehead atoms. The van der Waals surface area contributed by atoms with Crippen molar-refractivity contribution >= 4 is 35.6 Å². The van der Waals surface area contributed by atoms with Crippen LogP contribution < -0.4 is 4.74 Å². The number of β-amino-alcohol motifs (C(OH)–C–C–N with tert-alkyl or cyclic N) is 1. The van der Waals surface area contributed by atoms with E-state index in [0.29, 0.717) is 28.9 Å². The summed E-state index contributed by atoms with van der Waals surface area (Å²) in [6.07, 6.45) is -0.769. The van der Waals surface area contributed by atoms with Crippen molar-refractivity contribution < 1.29 is 9.84 Å². The third kappa shape index (κ3) is 3.43. The summed E-state index contributed by atoms with van der Waals surface area (Å²) in [4.78, 5) is 2.13. The lowest BCUT2D eigenvalue weighted by atomic mass is 10.2. The second-order valence-corrected chi connectivity index (χ2v) is 4.94. The molecule has 1 N–H and O–H groups in total. The van der Waals surface area contributed by atoms with E-state index in [2.05, 4.69) is 11.8 Å². The first-order valence-corrected chi connectivity index (χ1v) is 6.38. The molecule has 1 heterocycles. The summed E-state index contributed by atoms with van der Waals surface area (Å²) in [6, 6.07) is 5.21. The van der Waals surface area contributed by atoms with Crippen molar-refractivity contribution in [2.45, 2.75) is 19.1 Å². The lowest BCUT2D eigenvalue weighted by Gasteiger charge is -2.18. The molecular formula is C12H16Cl3NO2. The summed E-state index contributed by atoms with van der Waals surface area (Å²) in [5, 5.41) is 10.8. The van der Waals surface area contributed by atoms with Gasteiger partial charge in [0, 0.05) is 13.1 Å². The van der Waals surface area contributed by atoms with Crippen molar-refractivity contribution in [2.75, 3.05) is 19.6 Å². The average Bonchev–Trinajstić information content (AvgIpc) is 2.65. The third-order valence-electron chi connectivity index (χ3n) is 2.95. The molecule has 0 amide bonds. The Bertz CT molecular complexity index is 383. The van der Waals surface area contributed by atoms with E-state index in [-0.39, 0.29) is 18.5 Å². The molecule has 1 fully saturated rings. The Kier molecular flexibility index (Phi) is 6.02. The molecule has 0 aliphatic carbocycles. The molecule has 1 aliphatic rings. The van der Waals surface area contributed by atoms with Crippen molar-refractivity contribution in [1.82, 2.24) is 4.90 Å². The van der Waals surface area contributed by atoms with Gasteiger partial charge in [-0.2, -0.15) is 0 Å². The normalized spacial score (nSPS) is 23.8. The zero-order chi connectivity index (χ0) is 12.4. The highest BCUT2D eigenvalue weighted by Crippen LogP contribution is 2.34. The number of benzene rings is 1. The predicted molar refractivity (Wildman–Crippen MR) is 76.2 cm³/mol. The maximum atomic E-state index is 9.88. The van der Waals surface area contributed by atoms with Gasteiger partial charge in [-0.25, -0.2) is 0 Å². The molecule has 1 aliphatic heterocycles. The minimum absolute atomic E-state index is 0. The highest BCUT2D eigenvalue weighted by atomic mass is 35.5.